The number of hydrogen-bond donors (Lipinski definition) is 2. The summed E-state index contributed by atoms with van der Waals surface area (Å²) < 4.78 is 11.0. The van der Waals surface area contributed by atoms with Crippen LogP contribution in [0.2, 0.25) is 10.0 Å². The highest BCUT2D eigenvalue weighted by Gasteiger charge is 2.29. The Balaban J connectivity index is 1.37. The van der Waals surface area contributed by atoms with Gasteiger partial charge in [-0.3, -0.25) is 9.59 Å². The van der Waals surface area contributed by atoms with Crippen LogP contribution in [-0.2, 0) is 22.4 Å². The lowest BCUT2D eigenvalue weighted by atomic mass is 9.88. The van der Waals surface area contributed by atoms with E-state index in [-0.39, 0.29) is 12.5 Å². The first-order chi connectivity index (χ1) is 19.2. The zero-order chi connectivity index (χ0) is 28.8. The van der Waals surface area contributed by atoms with Crippen molar-refractivity contribution in [2.75, 3.05) is 11.9 Å². The summed E-state index contributed by atoms with van der Waals surface area (Å²) in [7, 11) is 0. The van der Waals surface area contributed by atoms with Gasteiger partial charge in [0, 0.05) is 21.0 Å². The standard InChI is InChI=1S/C29H29Cl2N3O5S/c1-4-38-29(37)25-22-12-5-16(2)13-24(22)40-28(25)33-27(36)18-7-10-21(11-8-18)39-17(3)26(35)34-32-15-19-6-9-20(30)14-23(19)31/h6-11,14-17H,4-5,12-13H2,1-3H3,(H,33,36)(H,34,35)/b32-15-/t16-,17+/m1/s1. The summed E-state index contributed by atoms with van der Waals surface area (Å²) >= 11 is 13.4. The lowest BCUT2D eigenvalue weighted by Crippen LogP contribution is -2.33. The van der Waals surface area contributed by atoms with Crippen LogP contribution in [0.1, 0.15) is 63.9 Å². The highest BCUT2D eigenvalue weighted by molar-refractivity contribution is 7.17. The lowest BCUT2D eigenvalue weighted by molar-refractivity contribution is -0.127. The lowest BCUT2D eigenvalue weighted by Gasteiger charge is -2.18. The molecule has 0 radical (unpaired) electrons. The summed E-state index contributed by atoms with van der Waals surface area (Å²) in [5.41, 5.74) is 4.83. The summed E-state index contributed by atoms with van der Waals surface area (Å²) in [6.45, 7) is 5.78. The molecular weight excluding hydrogens is 573 g/mol. The van der Waals surface area contributed by atoms with Gasteiger partial charge in [-0.15, -0.1) is 11.3 Å². The highest BCUT2D eigenvalue weighted by Crippen LogP contribution is 2.40. The number of hydrazone groups is 1. The largest absolute Gasteiger partial charge is 0.481 e. The molecule has 0 bridgehead atoms. The third-order valence-corrected chi connectivity index (χ3v) is 8.09. The number of carbonyl (C=O) groups is 3. The van der Waals surface area contributed by atoms with Crippen molar-refractivity contribution in [3.8, 4) is 5.75 Å². The Kier molecular flexibility index (Phi) is 9.84. The van der Waals surface area contributed by atoms with E-state index in [1.165, 1.54) is 17.6 Å². The fourth-order valence-electron chi connectivity index (χ4n) is 4.24. The number of rotatable bonds is 9. The maximum absolute atomic E-state index is 13.0. The molecule has 11 heteroatoms. The molecule has 1 aliphatic rings. The number of carbonyl (C=O) groups excluding carboxylic acids is 3. The van der Waals surface area contributed by atoms with Gasteiger partial charge in [0.1, 0.15) is 10.8 Å². The Morgan fingerprint density at radius 3 is 2.62 bits per heavy atom. The molecule has 0 saturated heterocycles. The molecular formula is C29H29Cl2N3O5S. The van der Waals surface area contributed by atoms with E-state index in [4.69, 9.17) is 32.7 Å². The van der Waals surface area contributed by atoms with Crippen LogP contribution in [0.5, 0.6) is 5.75 Å². The van der Waals surface area contributed by atoms with Crippen molar-refractivity contribution in [1.82, 2.24) is 5.43 Å². The maximum atomic E-state index is 13.0. The minimum Gasteiger partial charge on any atom is -0.481 e. The quantitative estimate of drug-likeness (QED) is 0.165. The van der Waals surface area contributed by atoms with Crippen LogP contribution in [0.3, 0.4) is 0 Å². The number of halogens is 2. The summed E-state index contributed by atoms with van der Waals surface area (Å²) in [5, 5.41) is 8.23. The number of ether oxygens (including phenoxy) is 2. The van der Waals surface area contributed by atoms with Gasteiger partial charge in [0.15, 0.2) is 6.10 Å². The average molecular weight is 603 g/mol. The molecule has 3 aromatic rings. The minimum absolute atomic E-state index is 0.258. The maximum Gasteiger partial charge on any atom is 0.341 e. The van der Waals surface area contributed by atoms with Crippen molar-refractivity contribution in [3.63, 3.8) is 0 Å². The predicted octanol–water partition coefficient (Wildman–Crippen LogP) is 6.53. The first-order valence-corrected chi connectivity index (χ1v) is 14.4. The van der Waals surface area contributed by atoms with Crippen molar-refractivity contribution in [2.24, 2.45) is 11.0 Å². The fraction of sp³-hybridized carbons (Fsp3) is 0.310. The smallest absolute Gasteiger partial charge is 0.341 e. The van der Waals surface area contributed by atoms with Gasteiger partial charge in [0.05, 0.1) is 23.4 Å². The normalized spacial score (nSPS) is 15.3. The van der Waals surface area contributed by atoms with Crippen molar-refractivity contribution >= 4 is 63.5 Å². The van der Waals surface area contributed by atoms with Gasteiger partial charge in [-0.2, -0.15) is 5.10 Å². The van der Waals surface area contributed by atoms with E-state index in [1.54, 1.807) is 56.3 Å². The number of hydrogen-bond acceptors (Lipinski definition) is 7. The third kappa shape index (κ3) is 7.21. The van der Waals surface area contributed by atoms with Crippen molar-refractivity contribution in [2.45, 2.75) is 46.1 Å². The number of benzene rings is 2. The van der Waals surface area contributed by atoms with Gasteiger partial charge >= 0.3 is 5.97 Å². The Bertz CT molecular complexity index is 1440. The number of nitrogens with one attached hydrogen (secondary N) is 2. The van der Waals surface area contributed by atoms with Gasteiger partial charge in [0.25, 0.3) is 11.8 Å². The fourth-order valence-corrected chi connectivity index (χ4v) is 6.09. The molecule has 210 valence electrons. The second-order valence-corrected chi connectivity index (χ2v) is 11.4. The van der Waals surface area contributed by atoms with Gasteiger partial charge in [-0.1, -0.05) is 36.2 Å². The number of fused-ring (bicyclic) bond motifs is 1. The number of thiophene rings is 1. The Morgan fingerprint density at radius 2 is 1.93 bits per heavy atom. The second kappa shape index (κ2) is 13.3. The van der Waals surface area contributed by atoms with E-state index in [0.29, 0.717) is 43.4 Å². The highest BCUT2D eigenvalue weighted by atomic mass is 35.5. The van der Waals surface area contributed by atoms with Gasteiger partial charge in [-0.25, -0.2) is 10.2 Å². The molecule has 1 aliphatic carbocycles. The summed E-state index contributed by atoms with van der Waals surface area (Å²) in [4.78, 5) is 39.3. The van der Waals surface area contributed by atoms with E-state index in [0.717, 1.165) is 29.7 Å². The Hall–Kier alpha value is -3.40. The summed E-state index contributed by atoms with van der Waals surface area (Å²) in [6.07, 6.45) is 3.21. The minimum atomic E-state index is -0.857. The van der Waals surface area contributed by atoms with Gasteiger partial charge in [0.2, 0.25) is 0 Å². The zero-order valence-corrected chi connectivity index (χ0v) is 24.6. The van der Waals surface area contributed by atoms with Crippen LogP contribution in [-0.4, -0.2) is 36.7 Å². The molecule has 40 heavy (non-hydrogen) atoms. The predicted molar refractivity (Wildman–Crippen MR) is 158 cm³/mol. The van der Waals surface area contributed by atoms with Gasteiger partial charge < -0.3 is 14.8 Å². The molecule has 0 fully saturated rings. The van der Waals surface area contributed by atoms with Gasteiger partial charge in [-0.05, 0) is 81.0 Å². The molecule has 8 nitrogen and oxygen atoms in total. The molecule has 0 spiro atoms. The number of anilines is 1. The average Bonchev–Trinajstić information content (AvgIpc) is 3.27. The molecule has 2 amide bonds. The molecule has 2 N–H and O–H groups in total. The van der Waals surface area contributed by atoms with Crippen LogP contribution in [0, 0.1) is 5.92 Å². The SMILES string of the molecule is CCOC(=O)c1c(NC(=O)c2ccc(O[C@@H](C)C(=O)N/N=C\c3ccc(Cl)cc3Cl)cc2)sc2c1CC[C@@H](C)C2. The van der Waals surface area contributed by atoms with E-state index in [9.17, 15) is 14.4 Å². The van der Waals surface area contributed by atoms with Crippen LogP contribution >= 0.6 is 34.5 Å². The third-order valence-electron chi connectivity index (χ3n) is 6.36. The van der Waals surface area contributed by atoms with Crippen LogP contribution in [0.25, 0.3) is 0 Å². The van der Waals surface area contributed by atoms with Crippen molar-refractivity contribution < 1.29 is 23.9 Å². The molecule has 0 aliphatic heterocycles. The van der Waals surface area contributed by atoms with Crippen molar-refractivity contribution in [1.29, 1.82) is 0 Å². The van der Waals surface area contributed by atoms with Crippen molar-refractivity contribution in [3.05, 3.63) is 79.6 Å². The molecule has 0 unspecified atom stereocenters. The molecule has 1 aromatic heterocycles. The Labute approximate surface area is 246 Å². The number of esters is 1. The Morgan fingerprint density at radius 1 is 1.18 bits per heavy atom. The first-order valence-electron chi connectivity index (χ1n) is 12.8. The number of amides is 2. The zero-order valence-electron chi connectivity index (χ0n) is 22.3. The number of nitrogens with zero attached hydrogens (tertiary/aromatic N) is 1. The van der Waals surface area contributed by atoms with E-state index in [2.05, 4.69) is 22.8 Å². The second-order valence-electron chi connectivity index (χ2n) is 9.42. The molecule has 2 aromatic carbocycles. The molecule has 4 rings (SSSR count). The van der Waals surface area contributed by atoms with E-state index >= 15 is 0 Å². The van der Waals surface area contributed by atoms with Crippen LogP contribution in [0.15, 0.2) is 47.6 Å². The van der Waals surface area contributed by atoms with E-state index in [1.807, 2.05) is 0 Å². The molecule has 2 atom stereocenters. The first kappa shape index (κ1) is 29.6. The monoisotopic (exact) mass is 601 g/mol. The molecule has 1 heterocycles. The topological polar surface area (TPSA) is 106 Å². The summed E-state index contributed by atoms with van der Waals surface area (Å²) in [6, 6.07) is 11.3. The molecule has 0 saturated carbocycles. The van der Waals surface area contributed by atoms with Crippen LogP contribution in [0.4, 0.5) is 5.00 Å². The van der Waals surface area contributed by atoms with Crippen LogP contribution < -0.4 is 15.5 Å². The van der Waals surface area contributed by atoms with E-state index < -0.39 is 18.0 Å². The summed E-state index contributed by atoms with van der Waals surface area (Å²) in [5.74, 6) is -0.316.